The van der Waals surface area contributed by atoms with Crippen LogP contribution in [0.5, 0.6) is 0 Å². The van der Waals surface area contributed by atoms with Crippen molar-refractivity contribution >= 4 is 16.8 Å². The number of carbonyl (C=O) groups is 1. The maximum atomic E-state index is 13.5. The van der Waals surface area contributed by atoms with E-state index in [1.807, 2.05) is 14.1 Å². The van der Waals surface area contributed by atoms with Crippen LogP contribution in [0.1, 0.15) is 31.4 Å². The third kappa shape index (κ3) is 4.23. The largest absolute Gasteiger partial charge is 0.418 e. The summed E-state index contributed by atoms with van der Waals surface area (Å²) in [5, 5.41) is 6.91. The van der Waals surface area contributed by atoms with Gasteiger partial charge in [-0.15, -0.1) is 0 Å². The Hall–Kier alpha value is -2.19. The second-order valence-corrected chi connectivity index (χ2v) is 8.21. The minimum atomic E-state index is -4.50. The quantitative estimate of drug-likeness (QED) is 0.816. The molecule has 158 valence electrons. The van der Waals surface area contributed by atoms with Gasteiger partial charge in [0.15, 0.2) is 0 Å². The zero-order chi connectivity index (χ0) is 21.4. The highest BCUT2D eigenvalue weighted by molar-refractivity contribution is 5.88. The predicted molar refractivity (Wildman–Crippen MR) is 106 cm³/mol. The number of likely N-dealkylation sites (N-methyl/N-ethyl adjacent to an activating group) is 1. The van der Waals surface area contributed by atoms with Gasteiger partial charge in [0.2, 0.25) is 5.91 Å². The summed E-state index contributed by atoms with van der Waals surface area (Å²) in [6.45, 7) is 5.10. The number of halogens is 3. The lowest BCUT2D eigenvalue weighted by Gasteiger charge is -2.43. The second kappa shape index (κ2) is 7.91. The van der Waals surface area contributed by atoms with Crippen molar-refractivity contribution < 1.29 is 18.0 Å². The molecule has 1 aliphatic rings. The molecule has 0 saturated carbocycles. The van der Waals surface area contributed by atoms with Crippen LogP contribution in [0.15, 0.2) is 30.5 Å². The first-order valence-electron chi connectivity index (χ1n) is 9.70. The van der Waals surface area contributed by atoms with Gasteiger partial charge in [-0.05, 0) is 57.6 Å². The van der Waals surface area contributed by atoms with Gasteiger partial charge in [-0.25, -0.2) is 0 Å². The Morgan fingerprint density at radius 2 is 2.07 bits per heavy atom. The minimum absolute atomic E-state index is 0.0926. The Balaban J connectivity index is 2.17. The number of fused-ring (bicyclic) bond motifs is 1. The SMILES string of the molecule is C[C@@H]1CNC[C@](NC(=O)[C@H](C)N(C)C)(c2ccc(C(F)(F)F)c3ncccc23)C1. The van der Waals surface area contributed by atoms with Crippen molar-refractivity contribution in [1.29, 1.82) is 0 Å². The fourth-order valence-corrected chi connectivity index (χ4v) is 4.03. The average Bonchev–Trinajstić information content (AvgIpc) is 2.65. The number of hydrogen-bond acceptors (Lipinski definition) is 4. The van der Waals surface area contributed by atoms with E-state index in [4.69, 9.17) is 0 Å². The molecule has 3 atom stereocenters. The molecule has 8 heteroatoms. The van der Waals surface area contributed by atoms with Crippen molar-refractivity contribution in [3.63, 3.8) is 0 Å². The topological polar surface area (TPSA) is 57.3 Å². The Morgan fingerprint density at radius 3 is 2.69 bits per heavy atom. The minimum Gasteiger partial charge on any atom is -0.344 e. The molecule has 1 fully saturated rings. The molecule has 0 aliphatic carbocycles. The Kier molecular flexibility index (Phi) is 5.87. The van der Waals surface area contributed by atoms with E-state index in [1.165, 1.54) is 12.3 Å². The molecule has 1 saturated heterocycles. The van der Waals surface area contributed by atoms with Gasteiger partial charge in [0, 0.05) is 18.1 Å². The molecular formula is C21H27F3N4O. The van der Waals surface area contributed by atoms with Crippen LogP contribution in [-0.4, -0.2) is 49.0 Å². The molecule has 0 spiro atoms. The lowest BCUT2D eigenvalue weighted by Crippen LogP contribution is -2.59. The smallest absolute Gasteiger partial charge is 0.344 e. The molecule has 0 unspecified atom stereocenters. The highest BCUT2D eigenvalue weighted by Gasteiger charge is 2.42. The number of carbonyl (C=O) groups excluding carboxylic acids is 1. The van der Waals surface area contributed by atoms with Crippen molar-refractivity contribution in [2.24, 2.45) is 5.92 Å². The maximum Gasteiger partial charge on any atom is 0.418 e. The van der Waals surface area contributed by atoms with Crippen LogP contribution in [-0.2, 0) is 16.5 Å². The first-order chi connectivity index (χ1) is 13.5. The number of alkyl halides is 3. The molecule has 0 radical (unpaired) electrons. The molecule has 2 heterocycles. The standard InChI is InChI=1S/C21H27F3N4O/c1-13-10-20(12-25-11-13,27-19(29)14(2)28(3)4)16-7-8-17(21(22,23)24)18-15(16)6-5-9-26-18/h5-9,13-14,25H,10-12H2,1-4H3,(H,27,29)/t13-,14-,20-/m0/s1. The van der Waals surface area contributed by atoms with Gasteiger partial charge >= 0.3 is 6.18 Å². The van der Waals surface area contributed by atoms with Crippen LogP contribution < -0.4 is 10.6 Å². The van der Waals surface area contributed by atoms with E-state index < -0.39 is 17.3 Å². The lowest BCUT2D eigenvalue weighted by atomic mass is 9.77. The number of piperidine rings is 1. The highest BCUT2D eigenvalue weighted by atomic mass is 19.4. The van der Waals surface area contributed by atoms with Gasteiger partial charge in [-0.2, -0.15) is 13.2 Å². The molecule has 1 aromatic heterocycles. The van der Waals surface area contributed by atoms with Crippen molar-refractivity contribution in [1.82, 2.24) is 20.5 Å². The van der Waals surface area contributed by atoms with Crippen molar-refractivity contribution in [3.05, 3.63) is 41.6 Å². The van der Waals surface area contributed by atoms with Crippen LogP contribution in [0, 0.1) is 5.92 Å². The molecule has 1 aromatic carbocycles. The molecule has 2 aromatic rings. The summed E-state index contributed by atoms with van der Waals surface area (Å²) in [5.41, 5.74) is -1.02. The van der Waals surface area contributed by atoms with Gasteiger partial charge in [-0.3, -0.25) is 14.7 Å². The summed E-state index contributed by atoms with van der Waals surface area (Å²) >= 11 is 0. The van der Waals surface area contributed by atoms with Crippen LogP contribution in [0.4, 0.5) is 13.2 Å². The van der Waals surface area contributed by atoms with Crippen LogP contribution in [0.25, 0.3) is 10.9 Å². The van der Waals surface area contributed by atoms with E-state index >= 15 is 0 Å². The number of aromatic nitrogens is 1. The van der Waals surface area contributed by atoms with E-state index in [9.17, 15) is 18.0 Å². The molecule has 29 heavy (non-hydrogen) atoms. The van der Waals surface area contributed by atoms with E-state index in [1.54, 1.807) is 24.0 Å². The summed E-state index contributed by atoms with van der Waals surface area (Å²) in [4.78, 5) is 18.8. The summed E-state index contributed by atoms with van der Waals surface area (Å²) in [7, 11) is 3.63. The fourth-order valence-electron chi connectivity index (χ4n) is 4.03. The van der Waals surface area contributed by atoms with E-state index in [2.05, 4.69) is 22.5 Å². The molecule has 1 aliphatic heterocycles. The molecule has 3 rings (SSSR count). The number of pyridine rings is 1. The second-order valence-electron chi connectivity index (χ2n) is 8.21. The van der Waals surface area contributed by atoms with Crippen LogP contribution >= 0.6 is 0 Å². The summed E-state index contributed by atoms with van der Waals surface area (Å²) in [5.74, 6) is 0.0792. The molecule has 5 nitrogen and oxygen atoms in total. The Labute approximate surface area is 168 Å². The van der Waals surface area contributed by atoms with Gasteiger partial charge in [0.25, 0.3) is 0 Å². The first-order valence-corrected chi connectivity index (χ1v) is 9.70. The normalized spacial score (nSPS) is 23.9. The molecule has 1 amide bonds. The number of nitrogens with one attached hydrogen (secondary N) is 2. The first kappa shape index (κ1) is 21.5. The predicted octanol–water partition coefficient (Wildman–Crippen LogP) is 3.14. The monoisotopic (exact) mass is 408 g/mol. The van der Waals surface area contributed by atoms with Crippen molar-refractivity contribution in [2.75, 3.05) is 27.2 Å². The zero-order valence-electron chi connectivity index (χ0n) is 17.1. The third-order valence-electron chi connectivity index (χ3n) is 5.72. The van der Waals surface area contributed by atoms with Gasteiger partial charge in [0.05, 0.1) is 22.7 Å². The number of benzene rings is 1. The zero-order valence-corrected chi connectivity index (χ0v) is 17.1. The average molecular weight is 408 g/mol. The number of amides is 1. The van der Waals surface area contributed by atoms with E-state index in [-0.39, 0.29) is 23.4 Å². The number of rotatable bonds is 4. The Bertz CT molecular complexity index is 899. The maximum absolute atomic E-state index is 13.5. The number of nitrogens with zero attached hydrogens (tertiary/aromatic N) is 2. The van der Waals surface area contributed by atoms with Gasteiger partial charge in [0.1, 0.15) is 0 Å². The highest BCUT2D eigenvalue weighted by Crippen LogP contribution is 2.40. The summed E-state index contributed by atoms with van der Waals surface area (Å²) < 4.78 is 40.6. The number of hydrogen-bond donors (Lipinski definition) is 2. The fraction of sp³-hybridized carbons (Fsp3) is 0.524. The van der Waals surface area contributed by atoms with Gasteiger partial charge < -0.3 is 10.6 Å². The van der Waals surface area contributed by atoms with Crippen LogP contribution in [0.3, 0.4) is 0 Å². The molecular weight excluding hydrogens is 381 g/mol. The van der Waals surface area contributed by atoms with Crippen molar-refractivity contribution in [2.45, 2.75) is 38.0 Å². The van der Waals surface area contributed by atoms with E-state index in [0.29, 0.717) is 23.9 Å². The van der Waals surface area contributed by atoms with E-state index in [0.717, 1.165) is 12.6 Å². The Morgan fingerprint density at radius 1 is 1.34 bits per heavy atom. The lowest BCUT2D eigenvalue weighted by molar-refractivity contribution is -0.136. The third-order valence-corrected chi connectivity index (χ3v) is 5.72. The summed E-state index contributed by atoms with van der Waals surface area (Å²) in [6, 6.07) is 5.47. The van der Waals surface area contributed by atoms with Gasteiger partial charge in [-0.1, -0.05) is 19.1 Å². The molecule has 0 bridgehead atoms. The molecule has 2 N–H and O–H groups in total. The van der Waals surface area contributed by atoms with Crippen LogP contribution in [0.2, 0.25) is 0 Å². The van der Waals surface area contributed by atoms with Crippen molar-refractivity contribution in [3.8, 4) is 0 Å². The summed E-state index contributed by atoms with van der Waals surface area (Å²) in [6.07, 6.45) is -2.51.